The van der Waals surface area contributed by atoms with Gasteiger partial charge in [0, 0.05) is 23.9 Å². The van der Waals surface area contributed by atoms with E-state index in [4.69, 9.17) is 4.74 Å². The molecule has 0 radical (unpaired) electrons. The van der Waals surface area contributed by atoms with Gasteiger partial charge in [0.2, 0.25) is 0 Å². The minimum absolute atomic E-state index is 0.0199. The molecule has 0 atom stereocenters. The van der Waals surface area contributed by atoms with Crippen LogP contribution in [-0.2, 0) is 0 Å². The van der Waals surface area contributed by atoms with E-state index in [1.165, 1.54) is 19.2 Å². The van der Waals surface area contributed by atoms with Crippen LogP contribution < -0.4 is 4.74 Å². The fourth-order valence-electron chi connectivity index (χ4n) is 1.53. The number of methoxy groups -OCH3 is 1. The fraction of sp³-hybridized carbons (Fsp3) is 0.0833. The molecule has 0 aliphatic heterocycles. The molecule has 0 spiro atoms. The van der Waals surface area contributed by atoms with Crippen molar-refractivity contribution in [1.82, 2.24) is 4.98 Å². The number of hydrogen-bond acceptors (Lipinski definition) is 4. The van der Waals surface area contributed by atoms with E-state index in [1.54, 1.807) is 24.4 Å². The molecule has 0 aliphatic rings. The maximum absolute atomic E-state index is 10.7. The van der Waals surface area contributed by atoms with Gasteiger partial charge in [-0.05, 0) is 18.2 Å². The zero-order valence-electron chi connectivity index (χ0n) is 9.16. The number of nitrogens with zero attached hydrogens (tertiary/aromatic N) is 2. The van der Waals surface area contributed by atoms with Gasteiger partial charge in [-0.1, -0.05) is 6.07 Å². The molecule has 2 aromatic rings. The average molecular weight is 230 g/mol. The fourth-order valence-corrected chi connectivity index (χ4v) is 1.53. The molecule has 0 aliphatic carbocycles. The Morgan fingerprint density at radius 1 is 1.29 bits per heavy atom. The first kappa shape index (κ1) is 11.1. The van der Waals surface area contributed by atoms with E-state index in [0.717, 1.165) is 0 Å². The van der Waals surface area contributed by atoms with E-state index in [2.05, 4.69) is 4.98 Å². The van der Waals surface area contributed by atoms with Gasteiger partial charge >= 0.3 is 0 Å². The molecule has 5 heteroatoms. The van der Waals surface area contributed by atoms with Gasteiger partial charge in [-0.25, -0.2) is 0 Å². The predicted molar refractivity (Wildman–Crippen MR) is 62.9 cm³/mol. The highest BCUT2D eigenvalue weighted by Crippen LogP contribution is 2.31. The lowest BCUT2D eigenvalue weighted by Crippen LogP contribution is -1.93. The Hall–Kier alpha value is -2.43. The number of pyridine rings is 1. The van der Waals surface area contributed by atoms with Crippen LogP contribution in [0, 0.1) is 10.1 Å². The molecule has 0 unspecified atom stereocenters. The summed E-state index contributed by atoms with van der Waals surface area (Å²) in [6, 6.07) is 9.82. The van der Waals surface area contributed by atoms with Crippen LogP contribution in [0.3, 0.4) is 0 Å². The minimum atomic E-state index is -0.439. The summed E-state index contributed by atoms with van der Waals surface area (Å²) in [5, 5.41) is 10.7. The SMILES string of the molecule is COc1ccc([N+](=O)[O-])cc1-c1ccccn1. The Morgan fingerprint density at radius 3 is 2.71 bits per heavy atom. The van der Waals surface area contributed by atoms with E-state index < -0.39 is 4.92 Å². The van der Waals surface area contributed by atoms with Crippen LogP contribution >= 0.6 is 0 Å². The van der Waals surface area contributed by atoms with Crippen LogP contribution in [0.2, 0.25) is 0 Å². The summed E-state index contributed by atoms with van der Waals surface area (Å²) in [6.45, 7) is 0. The third kappa shape index (κ3) is 2.23. The monoisotopic (exact) mass is 230 g/mol. The van der Waals surface area contributed by atoms with Crippen molar-refractivity contribution < 1.29 is 9.66 Å². The number of hydrogen-bond donors (Lipinski definition) is 0. The summed E-state index contributed by atoms with van der Waals surface area (Å²) in [5.74, 6) is 0.564. The summed E-state index contributed by atoms with van der Waals surface area (Å²) in [5.41, 5.74) is 1.28. The van der Waals surface area contributed by atoms with E-state index in [0.29, 0.717) is 17.0 Å². The number of nitro benzene ring substituents is 1. The maximum Gasteiger partial charge on any atom is 0.270 e. The number of benzene rings is 1. The highest BCUT2D eigenvalue weighted by molar-refractivity contribution is 5.69. The molecule has 0 fully saturated rings. The highest BCUT2D eigenvalue weighted by Gasteiger charge is 2.13. The molecule has 0 amide bonds. The smallest absolute Gasteiger partial charge is 0.270 e. The minimum Gasteiger partial charge on any atom is -0.496 e. The average Bonchev–Trinajstić information content (AvgIpc) is 2.39. The molecule has 17 heavy (non-hydrogen) atoms. The van der Waals surface area contributed by atoms with Crippen molar-refractivity contribution in [2.24, 2.45) is 0 Å². The van der Waals surface area contributed by atoms with Gasteiger partial charge in [0.1, 0.15) is 5.75 Å². The van der Waals surface area contributed by atoms with Gasteiger partial charge in [0.25, 0.3) is 5.69 Å². The van der Waals surface area contributed by atoms with Gasteiger partial charge in [-0.3, -0.25) is 15.1 Å². The van der Waals surface area contributed by atoms with Crippen molar-refractivity contribution in [2.45, 2.75) is 0 Å². The van der Waals surface area contributed by atoms with Gasteiger partial charge in [-0.15, -0.1) is 0 Å². The number of ether oxygens (including phenoxy) is 1. The van der Waals surface area contributed by atoms with E-state index in [1.807, 2.05) is 6.07 Å². The van der Waals surface area contributed by atoms with Gasteiger partial charge < -0.3 is 4.74 Å². The first-order valence-corrected chi connectivity index (χ1v) is 4.96. The molecule has 86 valence electrons. The molecule has 5 nitrogen and oxygen atoms in total. The standard InChI is InChI=1S/C12H10N2O3/c1-17-12-6-5-9(14(15)16)8-10(12)11-4-2-3-7-13-11/h2-8H,1H3. The second-order valence-electron chi connectivity index (χ2n) is 3.36. The first-order chi connectivity index (χ1) is 8.22. The molecule has 0 bridgehead atoms. The molecule has 1 aromatic heterocycles. The summed E-state index contributed by atoms with van der Waals surface area (Å²) < 4.78 is 5.17. The lowest BCUT2D eigenvalue weighted by atomic mass is 10.1. The third-order valence-electron chi connectivity index (χ3n) is 2.33. The Morgan fingerprint density at radius 2 is 2.12 bits per heavy atom. The zero-order valence-corrected chi connectivity index (χ0v) is 9.16. The van der Waals surface area contributed by atoms with Crippen molar-refractivity contribution in [2.75, 3.05) is 7.11 Å². The van der Waals surface area contributed by atoms with Gasteiger partial charge in [-0.2, -0.15) is 0 Å². The summed E-state index contributed by atoms with van der Waals surface area (Å²) in [4.78, 5) is 14.4. The predicted octanol–water partition coefficient (Wildman–Crippen LogP) is 2.67. The Bertz CT molecular complexity index is 541. The molecule has 2 rings (SSSR count). The normalized spacial score (nSPS) is 9.94. The quantitative estimate of drug-likeness (QED) is 0.600. The number of nitro groups is 1. The topological polar surface area (TPSA) is 65.3 Å². The molecule has 1 heterocycles. The van der Waals surface area contributed by atoms with Gasteiger partial charge in [0.05, 0.1) is 17.7 Å². The third-order valence-corrected chi connectivity index (χ3v) is 2.33. The Balaban J connectivity index is 2.58. The zero-order chi connectivity index (χ0) is 12.3. The van der Waals surface area contributed by atoms with Crippen molar-refractivity contribution in [1.29, 1.82) is 0 Å². The second-order valence-corrected chi connectivity index (χ2v) is 3.36. The van der Waals surface area contributed by atoms with E-state index in [-0.39, 0.29) is 5.69 Å². The number of aromatic nitrogens is 1. The second kappa shape index (κ2) is 4.61. The van der Waals surface area contributed by atoms with Crippen LogP contribution in [-0.4, -0.2) is 17.0 Å². The lowest BCUT2D eigenvalue weighted by Gasteiger charge is -2.07. The van der Waals surface area contributed by atoms with Gasteiger partial charge in [0.15, 0.2) is 0 Å². The lowest BCUT2D eigenvalue weighted by molar-refractivity contribution is -0.384. The molecular formula is C12H10N2O3. The maximum atomic E-state index is 10.7. The molecule has 0 saturated carbocycles. The molecule has 1 aromatic carbocycles. The molecular weight excluding hydrogens is 220 g/mol. The first-order valence-electron chi connectivity index (χ1n) is 4.96. The van der Waals surface area contributed by atoms with Crippen molar-refractivity contribution in [3.63, 3.8) is 0 Å². The highest BCUT2D eigenvalue weighted by atomic mass is 16.6. The molecule has 0 saturated heterocycles. The van der Waals surface area contributed by atoms with Crippen LogP contribution in [0.15, 0.2) is 42.6 Å². The van der Waals surface area contributed by atoms with Crippen LogP contribution in [0.1, 0.15) is 0 Å². The van der Waals surface area contributed by atoms with Crippen LogP contribution in [0.25, 0.3) is 11.3 Å². The number of non-ortho nitro benzene ring substituents is 1. The molecule has 0 N–H and O–H groups in total. The van der Waals surface area contributed by atoms with Crippen molar-refractivity contribution in [3.05, 3.63) is 52.7 Å². The van der Waals surface area contributed by atoms with E-state index >= 15 is 0 Å². The van der Waals surface area contributed by atoms with E-state index in [9.17, 15) is 10.1 Å². The van der Waals surface area contributed by atoms with Crippen molar-refractivity contribution >= 4 is 5.69 Å². The Labute approximate surface area is 97.8 Å². The Kier molecular flexibility index (Phi) is 3.00. The summed E-state index contributed by atoms with van der Waals surface area (Å²) in [6.07, 6.45) is 1.63. The summed E-state index contributed by atoms with van der Waals surface area (Å²) in [7, 11) is 1.52. The van der Waals surface area contributed by atoms with Crippen LogP contribution in [0.5, 0.6) is 5.75 Å². The number of rotatable bonds is 3. The summed E-state index contributed by atoms with van der Waals surface area (Å²) >= 11 is 0. The largest absolute Gasteiger partial charge is 0.496 e. The van der Waals surface area contributed by atoms with Crippen molar-refractivity contribution in [3.8, 4) is 17.0 Å². The van der Waals surface area contributed by atoms with Crippen LogP contribution in [0.4, 0.5) is 5.69 Å².